The van der Waals surface area contributed by atoms with Crippen LogP contribution in [0.5, 0.6) is 0 Å². The lowest BCUT2D eigenvalue weighted by Gasteiger charge is -2.33. The molecule has 3 rings (SSSR count). The molecule has 0 saturated heterocycles. The Hall–Kier alpha value is -2.86. The SMILES string of the molecule is CCCNC(=O)C(=O)NC[C@@H](c1ccc(N(C)C)cc1)[NH+]1CCc2ccccc2C1. The first kappa shape index (κ1) is 21.8. The van der Waals surface area contributed by atoms with Crippen LogP contribution in [0.3, 0.4) is 0 Å². The lowest BCUT2D eigenvalue weighted by atomic mass is 9.96. The second-order valence-corrected chi connectivity index (χ2v) is 8.11. The van der Waals surface area contributed by atoms with Gasteiger partial charge in [-0.1, -0.05) is 43.3 Å². The van der Waals surface area contributed by atoms with Gasteiger partial charge in [-0.15, -0.1) is 0 Å². The lowest BCUT2D eigenvalue weighted by Crippen LogP contribution is -3.12. The molecule has 2 atom stereocenters. The van der Waals surface area contributed by atoms with Crippen molar-refractivity contribution in [1.29, 1.82) is 0 Å². The number of amides is 2. The number of quaternary nitrogens is 1. The van der Waals surface area contributed by atoms with Crippen molar-refractivity contribution in [2.75, 3.05) is 38.6 Å². The van der Waals surface area contributed by atoms with Crippen LogP contribution in [-0.4, -0.2) is 45.5 Å². The highest BCUT2D eigenvalue weighted by molar-refractivity contribution is 6.35. The monoisotopic (exact) mass is 409 g/mol. The molecule has 0 fully saturated rings. The van der Waals surface area contributed by atoms with E-state index < -0.39 is 11.8 Å². The third-order valence-electron chi connectivity index (χ3n) is 5.76. The number of hydrogen-bond donors (Lipinski definition) is 3. The minimum atomic E-state index is -0.560. The summed E-state index contributed by atoms with van der Waals surface area (Å²) < 4.78 is 0. The average molecular weight is 410 g/mol. The van der Waals surface area contributed by atoms with Crippen LogP contribution in [0.1, 0.15) is 36.1 Å². The largest absolute Gasteiger partial charge is 0.378 e. The molecule has 0 saturated carbocycles. The molecule has 0 radical (unpaired) electrons. The summed E-state index contributed by atoms with van der Waals surface area (Å²) in [5.74, 6) is -1.12. The topological polar surface area (TPSA) is 65.9 Å². The fourth-order valence-corrected chi connectivity index (χ4v) is 4.00. The van der Waals surface area contributed by atoms with Crippen LogP contribution in [0.4, 0.5) is 5.69 Å². The highest BCUT2D eigenvalue weighted by Gasteiger charge is 2.29. The molecule has 30 heavy (non-hydrogen) atoms. The highest BCUT2D eigenvalue weighted by atomic mass is 16.2. The molecule has 2 aromatic carbocycles. The number of benzene rings is 2. The summed E-state index contributed by atoms with van der Waals surface area (Å²) in [5.41, 5.74) is 5.08. The Bertz CT molecular complexity index is 864. The molecule has 0 aromatic heterocycles. The van der Waals surface area contributed by atoms with Crippen molar-refractivity contribution in [2.45, 2.75) is 32.4 Å². The molecule has 160 valence electrons. The van der Waals surface area contributed by atoms with Gasteiger partial charge >= 0.3 is 11.8 Å². The first-order valence-corrected chi connectivity index (χ1v) is 10.7. The van der Waals surface area contributed by atoms with Crippen LogP contribution in [0.2, 0.25) is 0 Å². The van der Waals surface area contributed by atoms with Gasteiger partial charge in [0, 0.05) is 43.9 Å². The van der Waals surface area contributed by atoms with E-state index in [9.17, 15) is 9.59 Å². The Labute approximate surface area is 179 Å². The summed E-state index contributed by atoms with van der Waals surface area (Å²) in [6, 6.07) is 17.1. The second kappa shape index (κ2) is 10.3. The van der Waals surface area contributed by atoms with E-state index in [2.05, 4.69) is 64.1 Å². The number of carbonyl (C=O) groups is 2. The summed E-state index contributed by atoms with van der Waals surface area (Å²) in [6.07, 6.45) is 1.82. The average Bonchev–Trinajstić information content (AvgIpc) is 2.77. The predicted molar refractivity (Wildman–Crippen MR) is 120 cm³/mol. The van der Waals surface area contributed by atoms with Gasteiger partial charge in [0.15, 0.2) is 0 Å². The molecule has 2 amide bonds. The zero-order valence-corrected chi connectivity index (χ0v) is 18.2. The smallest absolute Gasteiger partial charge is 0.309 e. The van der Waals surface area contributed by atoms with E-state index in [0.717, 1.165) is 31.6 Å². The minimum absolute atomic E-state index is 0.0810. The summed E-state index contributed by atoms with van der Waals surface area (Å²) in [7, 11) is 4.04. The third kappa shape index (κ3) is 5.39. The van der Waals surface area contributed by atoms with Crippen LogP contribution in [0, 0.1) is 0 Å². The van der Waals surface area contributed by atoms with E-state index in [1.165, 1.54) is 21.6 Å². The molecule has 1 heterocycles. The van der Waals surface area contributed by atoms with Crippen LogP contribution in [0.15, 0.2) is 48.5 Å². The number of nitrogens with one attached hydrogen (secondary N) is 3. The number of rotatable bonds is 7. The Kier molecular flexibility index (Phi) is 7.46. The van der Waals surface area contributed by atoms with Crippen molar-refractivity contribution in [3.63, 3.8) is 0 Å². The van der Waals surface area contributed by atoms with Crippen molar-refractivity contribution >= 4 is 17.5 Å². The van der Waals surface area contributed by atoms with E-state index in [1.54, 1.807) is 0 Å². The fraction of sp³-hybridized carbons (Fsp3) is 0.417. The summed E-state index contributed by atoms with van der Waals surface area (Å²) in [4.78, 5) is 27.7. The predicted octanol–water partition coefficient (Wildman–Crippen LogP) is 1.08. The Morgan fingerprint density at radius 2 is 1.67 bits per heavy atom. The van der Waals surface area contributed by atoms with E-state index in [4.69, 9.17) is 0 Å². The molecule has 0 bridgehead atoms. The van der Waals surface area contributed by atoms with Gasteiger partial charge in [-0.05, 0) is 24.1 Å². The molecule has 2 aromatic rings. The van der Waals surface area contributed by atoms with E-state index in [-0.39, 0.29) is 6.04 Å². The van der Waals surface area contributed by atoms with Gasteiger partial charge in [0.25, 0.3) is 0 Å². The first-order valence-electron chi connectivity index (χ1n) is 10.7. The molecule has 0 aliphatic carbocycles. The number of anilines is 1. The van der Waals surface area contributed by atoms with Gasteiger partial charge in [0.2, 0.25) is 0 Å². The Morgan fingerprint density at radius 1 is 1.00 bits per heavy atom. The Morgan fingerprint density at radius 3 is 2.33 bits per heavy atom. The standard InChI is InChI=1S/C24H32N4O2/c1-4-14-25-23(29)24(30)26-16-22(19-9-11-21(12-10-19)27(2)3)28-15-13-18-7-5-6-8-20(18)17-28/h5-12,22H,4,13-17H2,1-3H3,(H,25,29)(H,26,30)/p+1/t22-/m0/s1. The fourth-order valence-electron chi connectivity index (χ4n) is 4.00. The van der Waals surface area contributed by atoms with Gasteiger partial charge in [-0.3, -0.25) is 9.59 Å². The van der Waals surface area contributed by atoms with Crippen molar-refractivity contribution in [3.8, 4) is 0 Å². The van der Waals surface area contributed by atoms with Gasteiger partial charge in [0.1, 0.15) is 12.6 Å². The van der Waals surface area contributed by atoms with Crippen molar-refractivity contribution in [1.82, 2.24) is 10.6 Å². The quantitative estimate of drug-likeness (QED) is 0.600. The van der Waals surface area contributed by atoms with Crippen molar-refractivity contribution in [3.05, 3.63) is 65.2 Å². The first-order chi connectivity index (χ1) is 14.5. The molecule has 1 aliphatic heterocycles. The number of fused-ring (bicyclic) bond motifs is 1. The number of carbonyl (C=O) groups excluding carboxylic acids is 2. The minimum Gasteiger partial charge on any atom is -0.378 e. The summed E-state index contributed by atoms with van der Waals surface area (Å²) in [6.45, 7) is 4.80. The van der Waals surface area contributed by atoms with E-state index >= 15 is 0 Å². The number of nitrogens with zero attached hydrogens (tertiary/aromatic N) is 1. The number of hydrogen-bond acceptors (Lipinski definition) is 3. The zero-order chi connectivity index (χ0) is 21.5. The van der Waals surface area contributed by atoms with Gasteiger partial charge < -0.3 is 20.4 Å². The zero-order valence-electron chi connectivity index (χ0n) is 18.2. The maximum absolute atomic E-state index is 12.3. The van der Waals surface area contributed by atoms with Crippen LogP contribution >= 0.6 is 0 Å². The maximum atomic E-state index is 12.3. The van der Waals surface area contributed by atoms with Crippen LogP contribution < -0.4 is 20.4 Å². The van der Waals surface area contributed by atoms with Crippen LogP contribution in [0.25, 0.3) is 0 Å². The molecule has 1 unspecified atom stereocenters. The molecular formula is C24H33N4O2+. The van der Waals surface area contributed by atoms with E-state index in [0.29, 0.717) is 13.1 Å². The molecule has 6 nitrogen and oxygen atoms in total. The molecule has 1 aliphatic rings. The molecule has 6 heteroatoms. The maximum Gasteiger partial charge on any atom is 0.309 e. The van der Waals surface area contributed by atoms with E-state index in [1.807, 2.05) is 21.0 Å². The molecule has 3 N–H and O–H groups in total. The van der Waals surface area contributed by atoms with Crippen molar-refractivity contribution < 1.29 is 14.5 Å². The second-order valence-electron chi connectivity index (χ2n) is 8.11. The normalized spacial score (nSPS) is 16.3. The summed E-state index contributed by atoms with van der Waals surface area (Å²) >= 11 is 0. The van der Waals surface area contributed by atoms with Gasteiger partial charge in [-0.2, -0.15) is 0 Å². The Balaban J connectivity index is 1.77. The van der Waals surface area contributed by atoms with Gasteiger partial charge in [-0.25, -0.2) is 0 Å². The highest BCUT2D eigenvalue weighted by Crippen LogP contribution is 2.18. The lowest BCUT2D eigenvalue weighted by molar-refractivity contribution is -0.945. The third-order valence-corrected chi connectivity index (χ3v) is 5.76. The van der Waals surface area contributed by atoms with Crippen LogP contribution in [-0.2, 0) is 22.6 Å². The summed E-state index contributed by atoms with van der Waals surface area (Å²) in [5, 5.41) is 5.51. The molecule has 0 spiro atoms. The van der Waals surface area contributed by atoms with Crippen molar-refractivity contribution in [2.24, 2.45) is 0 Å². The van der Waals surface area contributed by atoms with Gasteiger partial charge in [0.05, 0.1) is 13.1 Å². The molecular weight excluding hydrogens is 376 g/mol.